The van der Waals surface area contributed by atoms with Crippen molar-refractivity contribution in [3.8, 4) is 0 Å². The largest absolute Gasteiger partial charge is 0.388 e. The molecule has 1 aromatic carbocycles. The number of nitrogens with one attached hydrogen (secondary N) is 1. The molecule has 3 rings (SSSR count). The van der Waals surface area contributed by atoms with Crippen LogP contribution in [0.1, 0.15) is 53.7 Å². The van der Waals surface area contributed by atoms with Crippen molar-refractivity contribution in [2.45, 2.75) is 49.3 Å². The SMILES string of the molecule is CSc1nccc(Cc2ccc(Cl)c(C(=O)NCC3(O)CCCCC3)c2)n1. The molecule has 0 saturated heterocycles. The van der Waals surface area contributed by atoms with Gasteiger partial charge in [-0.05, 0) is 42.9 Å². The van der Waals surface area contributed by atoms with Gasteiger partial charge in [-0.2, -0.15) is 0 Å². The van der Waals surface area contributed by atoms with Crippen LogP contribution in [0.15, 0.2) is 35.6 Å². The van der Waals surface area contributed by atoms with Crippen LogP contribution < -0.4 is 5.32 Å². The standard InChI is InChI=1S/C20H24ClN3O2S/c1-27-19-22-10-7-15(24-19)11-14-5-6-17(21)16(12-14)18(25)23-13-20(26)8-3-2-4-9-20/h5-7,10,12,26H,2-4,8-9,11,13H2,1H3,(H,23,25). The Kier molecular flexibility index (Phi) is 6.73. The van der Waals surface area contributed by atoms with Crippen LogP contribution in [0.2, 0.25) is 5.02 Å². The maximum Gasteiger partial charge on any atom is 0.252 e. The topological polar surface area (TPSA) is 75.1 Å². The second kappa shape index (κ2) is 9.04. The molecule has 0 atom stereocenters. The molecule has 0 unspecified atom stereocenters. The number of hydrogen-bond donors (Lipinski definition) is 2. The monoisotopic (exact) mass is 405 g/mol. The zero-order valence-electron chi connectivity index (χ0n) is 15.4. The number of rotatable bonds is 6. The van der Waals surface area contributed by atoms with Crippen LogP contribution in [0.5, 0.6) is 0 Å². The third-order valence-electron chi connectivity index (χ3n) is 4.90. The van der Waals surface area contributed by atoms with E-state index >= 15 is 0 Å². The molecule has 1 amide bonds. The fraction of sp³-hybridized carbons (Fsp3) is 0.450. The highest BCUT2D eigenvalue weighted by Gasteiger charge is 2.29. The Hall–Kier alpha value is -1.63. The summed E-state index contributed by atoms with van der Waals surface area (Å²) in [5.74, 6) is -0.256. The Labute approximate surface area is 169 Å². The van der Waals surface area contributed by atoms with Crippen molar-refractivity contribution < 1.29 is 9.90 Å². The molecule has 2 aromatic rings. The summed E-state index contributed by atoms with van der Waals surface area (Å²) in [4.78, 5) is 21.3. The van der Waals surface area contributed by atoms with E-state index in [0.29, 0.717) is 17.0 Å². The summed E-state index contributed by atoms with van der Waals surface area (Å²) >= 11 is 7.74. The Balaban J connectivity index is 1.69. The lowest BCUT2D eigenvalue weighted by Gasteiger charge is -2.32. The van der Waals surface area contributed by atoms with Gasteiger partial charge in [-0.1, -0.05) is 48.7 Å². The molecule has 1 fully saturated rings. The molecule has 0 spiro atoms. The van der Waals surface area contributed by atoms with E-state index in [2.05, 4.69) is 15.3 Å². The van der Waals surface area contributed by atoms with Crippen molar-refractivity contribution in [1.82, 2.24) is 15.3 Å². The fourth-order valence-electron chi connectivity index (χ4n) is 3.37. The number of thioether (sulfide) groups is 1. The molecule has 1 aromatic heterocycles. The summed E-state index contributed by atoms with van der Waals surface area (Å²) in [6.07, 6.45) is 8.87. The minimum atomic E-state index is -0.798. The average molecular weight is 406 g/mol. The van der Waals surface area contributed by atoms with Gasteiger partial charge in [-0.25, -0.2) is 9.97 Å². The maximum absolute atomic E-state index is 12.6. The summed E-state index contributed by atoms with van der Waals surface area (Å²) in [6.45, 7) is 0.259. The molecule has 5 nitrogen and oxygen atoms in total. The number of aliphatic hydroxyl groups is 1. The van der Waals surface area contributed by atoms with Crippen molar-refractivity contribution >= 4 is 29.3 Å². The van der Waals surface area contributed by atoms with E-state index in [-0.39, 0.29) is 12.5 Å². The lowest BCUT2D eigenvalue weighted by molar-refractivity contribution is 0.00526. The molecular weight excluding hydrogens is 382 g/mol. The molecule has 1 aliphatic rings. The van der Waals surface area contributed by atoms with Gasteiger partial charge in [0, 0.05) is 24.9 Å². The molecule has 0 bridgehead atoms. The van der Waals surface area contributed by atoms with Gasteiger partial charge in [0.2, 0.25) is 0 Å². The molecule has 7 heteroatoms. The van der Waals surface area contributed by atoms with E-state index in [1.165, 1.54) is 11.8 Å². The quantitative estimate of drug-likeness (QED) is 0.563. The first kappa shape index (κ1) is 20.1. The molecule has 27 heavy (non-hydrogen) atoms. The van der Waals surface area contributed by atoms with Crippen LogP contribution >= 0.6 is 23.4 Å². The van der Waals surface area contributed by atoms with Crippen molar-refractivity contribution in [2.75, 3.05) is 12.8 Å². The first-order chi connectivity index (χ1) is 13.0. The van der Waals surface area contributed by atoms with Crippen LogP contribution in [-0.4, -0.2) is 39.4 Å². The van der Waals surface area contributed by atoms with Gasteiger partial charge < -0.3 is 10.4 Å². The molecule has 0 radical (unpaired) electrons. The lowest BCUT2D eigenvalue weighted by Crippen LogP contribution is -2.44. The first-order valence-corrected chi connectivity index (χ1v) is 10.7. The van der Waals surface area contributed by atoms with Crippen LogP contribution in [0.25, 0.3) is 0 Å². The normalized spacial score (nSPS) is 16.1. The van der Waals surface area contributed by atoms with Gasteiger partial charge in [0.1, 0.15) is 0 Å². The van der Waals surface area contributed by atoms with E-state index in [9.17, 15) is 9.90 Å². The number of amides is 1. The molecule has 144 valence electrons. The molecule has 2 N–H and O–H groups in total. The molecule has 1 saturated carbocycles. The molecule has 1 aliphatic carbocycles. The predicted octanol–water partition coefficient (Wildman–Crippen LogP) is 3.87. The predicted molar refractivity (Wildman–Crippen MR) is 108 cm³/mol. The van der Waals surface area contributed by atoms with Crippen LogP contribution in [0.3, 0.4) is 0 Å². The summed E-state index contributed by atoms with van der Waals surface area (Å²) in [7, 11) is 0. The Morgan fingerprint density at radius 1 is 1.30 bits per heavy atom. The van der Waals surface area contributed by atoms with E-state index in [1.54, 1.807) is 18.3 Å². The number of carbonyl (C=O) groups excluding carboxylic acids is 1. The zero-order chi connectivity index (χ0) is 19.3. The minimum absolute atomic E-state index is 0.256. The van der Waals surface area contributed by atoms with Gasteiger partial charge >= 0.3 is 0 Å². The van der Waals surface area contributed by atoms with E-state index in [1.807, 2.05) is 18.4 Å². The van der Waals surface area contributed by atoms with E-state index in [4.69, 9.17) is 11.6 Å². The van der Waals surface area contributed by atoms with Crippen molar-refractivity contribution in [2.24, 2.45) is 0 Å². The van der Waals surface area contributed by atoms with Crippen molar-refractivity contribution in [3.63, 3.8) is 0 Å². The number of hydrogen-bond acceptors (Lipinski definition) is 5. The third kappa shape index (κ3) is 5.43. The number of aromatic nitrogens is 2. The summed E-state index contributed by atoms with van der Waals surface area (Å²) in [5, 5.41) is 14.6. The Morgan fingerprint density at radius 3 is 2.81 bits per heavy atom. The van der Waals surface area contributed by atoms with E-state index < -0.39 is 5.60 Å². The van der Waals surface area contributed by atoms with Crippen LogP contribution in [0, 0.1) is 0 Å². The highest BCUT2D eigenvalue weighted by molar-refractivity contribution is 7.98. The first-order valence-electron chi connectivity index (χ1n) is 9.14. The lowest BCUT2D eigenvalue weighted by atomic mass is 9.85. The van der Waals surface area contributed by atoms with Gasteiger partial charge in [-0.15, -0.1) is 0 Å². The molecule has 1 heterocycles. The number of benzene rings is 1. The Morgan fingerprint density at radius 2 is 2.07 bits per heavy atom. The molecular formula is C20H24ClN3O2S. The maximum atomic E-state index is 12.6. The minimum Gasteiger partial charge on any atom is -0.388 e. The number of halogens is 1. The second-order valence-corrected chi connectivity index (χ2v) is 8.17. The highest BCUT2D eigenvalue weighted by Crippen LogP contribution is 2.27. The molecule has 0 aliphatic heterocycles. The number of nitrogens with zero attached hydrogens (tertiary/aromatic N) is 2. The highest BCUT2D eigenvalue weighted by atomic mass is 35.5. The second-order valence-electron chi connectivity index (χ2n) is 6.99. The van der Waals surface area contributed by atoms with Gasteiger partial charge in [-0.3, -0.25) is 4.79 Å². The van der Waals surface area contributed by atoms with Crippen LogP contribution in [-0.2, 0) is 6.42 Å². The summed E-state index contributed by atoms with van der Waals surface area (Å²) in [6, 6.07) is 7.29. The van der Waals surface area contributed by atoms with Crippen LogP contribution in [0.4, 0.5) is 0 Å². The summed E-state index contributed by atoms with van der Waals surface area (Å²) in [5.41, 5.74) is 1.46. The van der Waals surface area contributed by atoms with Crippen molar-refractivity contribution in [3.05, 3.63) is 52.3 Å². The van der Waals surface area contributed by atoms with Gasteiger partial charge in [0.15, 0.2) is 5.16 Å². The zero-order valence-corrected chi connectivity index (χ0v) is 16.9. The average Bonchev–Trinajstić information content (AvgIpc) is 2.68. The fourth-order valence-corrected chi connectivity index (χ4v) is 3.94. The third-order valence-corrected chi connectivity index (χ3v) is 5.79. The van der Waals surface area contributed by atoms with E-state index in [0.717, 1.165) is 48.5 Å². The number of carbonyl (C=O) groups is 1. The Bertz CT molecular complexity index is 810. The smallest absolute Gasteiger partial charge is 0.252 e. The van der Waals surface area contributed by atoms with Gasteiger partial charge in [0.25, 0.3) is 5.91 Å². The van der Waals surface area contributed by atoms with Crippen molar-refractivity contribution in [1.29, 1.82) is 0 Å². The summed E-state index contributed by atoms with van der Waals surface area (Å²) < 4.78 is 0. The van der Waals surface area contributed by atoms with Gasteiger partial charge in [0.05, 0.1) is 16.2 Å².